The van der Waals surface area contributed by atoms with Gasteiger partial charge < -0.3 is 15.2 Å². The number of hydrogen-bond acceptors (Lipinski definition) is 5. The number of nitrogens with one attached hydrogen (secondary N) is 2. The third-order valence-electron chi connectivity index (χ3n) is 3.21. The zero-order chi connectivity index (χ0) is 16.1. The highest BCUT2D eigenvalue weighted by atomic mass is 32.1. The summed E-state index contributed by atoms with van der Waals surface area (Å²) in [7, 11) is 1.85. The van der Waals surface area contributed by atoms with E-state index in [4.69, 9.17) is 0 Å². The number of hydrogen-bond donors (Lipinski definition) is 2. The Balaban J connectivity index is 1.74. The minimum Gasteiger partial charge on any atom is -0.338 e. The van der Waals surface area contributed by atoms with E-state index in [2.05, 4.69) is 45.0 Å². The molecule has 0 fully saturated rings. The van der Waals surface area contributed by atoms with Crippen molar-refractivity contribution in [3.8, 4) is 0 Å². The normalized spacial score (nSPS) is 12.4. The van der Waals surface area contributed by atoms with Crippen LogP contribution in [-0.4, -0.2) is 32.3 Å². The van der Waals surface area contributed by atoms with Crippen LogP contribution in [0.15, 0.2) is 11.7 Å². The standard InChI is InChI=1S/C14H22N6OS/c1-9(2)13-18-11(7-22-13)5-6-15-14(21)17-10(3)12-19-16-8-20(12)4/h7-10H,5-6H2,1-4H3,(H2,15,17,21)/t10-/m1/s1. The third kappa shape index (κ3) is 4.27. The number of carbonyl (C=O) groups excluding carboxylic acids is 1. The molecule has 2 heterocycles. The first kappa shape index (κ1) is 16.4. The van der Waals surface area contributed by atoms with Crippen LogP contribution in [0.4, 0.5) is 4.79 Å². The lowest BCUT2D eigenvalue weighted by Gasteiger charge is -2.13. The molecular formula is C14H22N6OS. The van der Waals surface area contributed by atoms with E-state index in [-0.39, 0.29) is 12.1 Å². The van der Waals surface area contributed by atoms with Gasteiger partial charge in [0.05, 0.1) is 16.7 Å². The van der Waals surface area contributed by atoms with Gasteiger partial charge in [-0.2, -0.15) is 0 Å². The first-order valence-electron chi connectivity index (χ1n) is 7.30. The van der Waals surface area contributed by atoms with Crippen LogP contribution in [-0.2, 0) is 13.5 Å². The molecule has 120 valence electrons. The van der Waals surface area contributed by atoms with E-state index in [1.54, 1.807) is 22.2 Å². The fourth-order valence-corrected chi connectivity index (χ4v) is 2.87. The molecule has 7 nitrogen and oxygen atoms in total. The Bertz CT molecular complexity index is 620. The van der Waals surface area contributed by atoms with Crippen LogP contribution in [0, 0.1) is 0 Å². The summed E-state index contributed by atoms with van der Waals surface area (Å²) in [6.07, 6.45) is 2.34. The van der Waals surface area contributed by atoms with E-state index in [1.807, 2.05) is 14.0 Å². The monoisotopic (exact) mass is 322 g/mol. The minimum absolute atomic E-state index is 0.195. The summed E-state index contributed by atoms with van der Waals surface area (Å²) in [6.45, 7) is 6.68. The highest BCUT2D eigenvalue weighted by Gasteiger charge is 2.14. The topological polar surface area (TPSA) is 84.7 Å². The molecule has 0 aliphatic carbocycles. The molecule has 0 spiro atoms. The Hall–Kier alpha value is -1.96. The molecule has 2 aromatic rings. The molecule has 0 radical (unpaired) electrons. The van der Waals surface area contributed by atoms with Gasteiger partial charge in [-0.25, -0.2) is 9.78 Å². The summed E-state index contributed by atoms with van der Waals surface area (Å²) in [5, 5.41) is 16.6. The van der Waals surface area contributed by atoms with Crippen molar-refractivity contribution in [2.24, 2.45) is 7.05 Å². The molecule has 0 unspecified atom stereocenters. The van der Waals surface area contributed by atoms with Crippen molar-refractivity contribution >= 4 is 17.4 Å². The van der Waals surface area contributed by atoms with Crippen LogP contribution in [0.25, 0.3) is 0 Å². The first-order chi connectivity index (χ1) is 10.5. The smallest absolute Gasteiger partial charge is 0.315 e. The largest absolute Gasteiger partial charge is 0.338 e. The summed E-state index contributed by atoms with van der Waals surface area (Å²) < 4.78 is 1.79. The number of aryl methyl sites for hydroxylation is 1. The van der Waals surface area contributed by atoms with E-state index in [0.717, 1.165) is 22.9 Å². The summed E-state index contributed by atoms with van der Waals surface area (Å²) in [5.41, 5.74) is 1.02. The lowest BCUT2D eigenvalue weighted by Crippen LogP contribution is -2.38. The Labute approximate surface area is 134 Å². The van der Waals surface area contributed by atoms with Crippen LogP contribution in [0.3, 0.4) is 0 Å². The van der Waals surface area contributed by atoms with Gasteiger partial charge in [0.2, 0.25) is 0 Å². The van der Waals surface area contributed by atoms with Crippen LogP contribution in [0.1, 0.15) is 49.3 Å². The second kappa shape index (κ2) is 7.35. The fraction of sp³-hybridized carbons (Fsp3) is 0.571. The van der Waals surface area contributed by atoms with Crippen LogP contribution in [0.5, 0.6) is 0 Å². The average Bonchev–Trinajstić information content (AvgIpc) is 3.07. The van der Waals surface area contributed by atoms with Crippen LogP contribution in [0.2, 0.25) is 0 Å². The van der Waals surface area contributed by atoms with E-state index in [0.29, 0.717) is 12.5 Å². The molecule has 0 aromatic carbocycles. The Morgan fingerprint density at radius 1 is 1.41 bits per heavy atom. The Morgan fingerprint density at radius 2 is 2.18 bits per heavy atom. The van der Waals surface area contributed by atoms with Crippen molar-refractivity contribution in [1.82, 2.24) is 30.4 Å². The zero-order valence-corrected chi connectivity index (χ0v) is 14.1. The van der Waals surface area contributed by atoms with Crippen molar-refractivity contribution in [3.63, 3.8) is 0 Å². The van der Waals surface area contributed by atoms with Gasteiger partial charge in [-0.15, -0.1) is 21.5 Å². The van der Waals surface area contributed by atoms with Crippen LogP contribution < -0.4 is 10.6 Å². The number of amides is 2. The maximum atomic E-state index is 11.9. The van der Waals surface area contributed by atoms with E-state index in [9.17, 15) is 4.79 Å². The quantitative estimate of drug-likeness (QED) is 0.852. The number of carbonyl (C=O) groups is 1. The number of rotatable bonds is 6. The predicted octanol–water partition coefficient (Wildman–Crippen LogP) is 2.00. The van der Waals surface area contributed by atoms with Crippen molar-refractivity contribution in [2.75, 3.05) is 6.54 Å². The molecule has 0 saturated heterocycles. The second-order valence-electron chi connectivity index (χ2n) is 5.50. The molecule has 2 N–H and O–H groups in total. The lowest BCUT2D eigenvalue weighted by molar-refractivity contribution is 0.237. The number of thiazole rings is 1. The highest BCUT2D eigenvalue weighted by molar-refractivity contribution is 7.09. The van der Waals surface area contributed by atoms with Gasteiger partial charge in [0.25, 0.3) is 0 Å². The third-order valence-corrected chi connectivity index (χ3v) is 4.41. The highest BCUT2D eigenvalue weighted by Crippen LogP contribution is 2.19. The molecule has 0 bridgehead atoms. The predicted molar refractivity (Wildman–Crippen MR) is 85.9 cm³/mol. The maximum Gasteiger partial charge on any atom is 0.315 e. The molecule has 0 aliphatic heterocycles. The van der Waals surface area contributed by atoms with Gasteiger partial charge >= 0.3 is 6.03 Å². The number of aromatic nitrogens is 4. The summed E-state index contributed by atoms with van der Waals surface area (Å²) >= 11 is 1.67. The molecule has 2 aromatic heterocycles. The molecule has 2 rings (SSSR count). The second-order valence-corrected chi connectivity index (χ2v) is 6.39. The maximum absolute atomic E-state index is 11.9. The minimum atomic E-state index is -0.213. The molecule has 8 heteroatoms. The summed E-state index contributed by atoms with van der Waals surface area (Å²) in [4.78, 5) is 16.4. The average molecular weight is 322 g/mol. The first-order valence-corrected chi connectivity index (χ1v) is 8.18. The van der Waals surface area contributed by atoms with E-state index in [1.165, 1.54) is 0 Å². The van der Waals surface area contributed by atoms with Gasteiger partial charge in [0.1, 0.15) is 6.33 Å². The molecule has 2 amide bonds. The Morgan fingerprint density at radius 3 is 2.77 bits per heavy atom. The Kier molecular flexibility index (Phi) is 5.48. The molecule has 0 aliphatic rings. The van der Waals surface area contributed by atoms with Crippen molar-refractivity contribution in [2.45, 2.75) is 39.2 Å². The van der Waals surface area contributed by atoms with Crippen molar-refractivity contribution in [3.05, 3.63) is 28.2 Å². The van der Waals surface area contributed by atoms with Crippen molar-refractivity contribution in [1.29, 1.82) is 0 Å². The number of urea groups is 1. The van der Waals surface area contributed by atoms with Crippen LogP contribution >= 0.6 is 11.3 Å². The van der Waals surface area contributed by atoms with Gasteiger partial charge in [-0.3, -0.25) is 0 Å². The zero-order valence-electron chi connectivity index (χ0n) is 13.3. The lowest BCUT2D eigenvalue weighted by atomic mass is 10.2. The fourth-order valence-electron chi connectivity index (χ4n) is 2.00. The van der Waals surface area contributed by atoms with E-state index >= 15 is 0 Å². The van der Waals surface area contributed by atoms with Gasteiger partial charge in [-0.05, 0) is 6.92 Å². The van der Waals surface area contributed by atoms with Gasteiger partial charge in [-0.1, -0.05) is 13.8 Å². The molecule has 1 atom stereocenters. The molecular weight excluding hydrogens is 300 g/mol. The van der Waals surface area contributed by atoms with Gasteiger partial charge in [0.15, 0.2) is 5.82 Å². The summed E-state index contributed by atoms with van der Waals surface area (Å²) in [5.74, 6) is 1.17. The number of nitrogens with zero attached hydrogens (tertiary/aromatic N) is 4. The van der Waals surface area contributed by atoms with Gasteiger partial charge in [0, 0.05) is 31.3 Å². The van der Waals surface area contributed by atoms with Crippen molar-refractivity contribution < 1.29 is 4.79 Å². The SMILES string of the molecule is CC(C)c1nc(CCNC(=O)N[C@H](C)c2nncn2C)cs1. The molecule has 0 saturated carbocycles. The van der Waals surface area contributed by atoms with E-state index < -0.39 is 0 Å². The molecule has 22 heavy (non-hydrogen) atoms. The summed E-state index contributed by atoms with van der Waals surface area (Å²) in [6, 6.07) is -0.408.